The third-order valence-electron chi connectivity index (χ3n) is 5.27. The van der Waals surface area contributed by atoms with Gasteiger partial charge in [-0.05, 0) is 42.3 Å². The lowest BCUT2D eigenvalue weighted by molar-refractivity contribution is 0.0725. The summed E-state index contributed by atoms with van der Waals surface area (Å²) < 4.78 is 24.4. The summed E-state index contributed by atoms with van der Waals surface area (Å²) >= 11 is 0. The average molecular weight is 408 g/mol. The van der Waals surface area contributed by atoms with Crippen LogP contribution in [0.25, 0.3) is 0 Å². The molecule has 1 aromatic heterocycles. The summed E-state index contributed by atoms with van der Waals surface area (Å²) in [6.07, 6.45) is 2.42. The van der Waals surface area contributed by atoms with Gasteiger partial charge in [-0.2, -0.15) is 0 Å². The molecule has 1 aliphatic rings. The number of amides is 1. The van der Waals surface area contributed by atoms with Crippen molar-refractivity contribution in [2.24, 2.45) is 0 Å². The predicted octanol–water partition coefficient (Wildman–Crippen LogP) is 4.35. The van der Waals surface area contributed by atoms with Crippen LogP contribution in [0.4, 0.5) is 4.39 Å². The summed E-state index contributed by atoms with van der Waals surface area (Å²) in [5.41, 5.74) is 1.82. The highest BCUT2D eigenvalue weighted by molar-refractivity contribution is 5.93. The number of benzene rings is 2. The van der Waals surface area contributed by atoms with Gasteiger partial charge in [0.15, 0.2) is 5.76 Å². The number of ether oxygens (including phenoxy) is 1. The number of carbonyl (C=O) groups is 1. The SMILES string of the molecule is O=C(c1occc1COc1ccccc1)N1CCCN(Cc2ccc(F)cc2)CC1. The molecular formula is C24H25FN2O3. The first-order valence-corrected chi connectivity index (χ1v) is 10.2. The summed E-state index contributed by atoms with van der Waals surface area (Å²) in [5, 5.41) is 0. The van der Waals surface area contributed by atoms with Crippen LogP contribution in [0.3, 0.4) is 0 Å². The van der Waals surface area contributed by atoms with Crippen molar-refractivity contribution in [3.63, 3.8) is 0 Å². The molecule has 1 fully saturated rings. The van der Waals surface area contributed by atoms with Crippen LogP contribution in [0.5, 0.6) is 5.75 Å². The number of halogens is 1. The topological polar surface area (TPSA) is 45.9 Å². The van der Waals surface area contributed by atoms with E-state index in [0.717, 1.165) is 42.9 Å². The predicted molar refractivity (Wildman–Crippen MR) is 112 cm³/mol. The third-order valence-corrected chi connectivity index (χ3v) is 5.27. The molecule has 0 N–H and O–H groups in total. The van der Waals surface area contributed by atoms with Gasteiger partial charge in [0.25, 0.3) is 5.91 Å². The zero-order valence-electron chi connectivity index (χ0n) is 16.8. The first-order valence-electron chi connectivity index (χ1n) is 10.2. The van der Waals surface area contributed by atoms with Gasteiger partial charge in [-0.1, -0.05) is 30.3 Å². The van der Waals surface area contributed by atoms with Crippen LogP contribution in [0, 0.1) is 5.82 Å². The van der Waals surface area contributed by atoms with Crippen molar-refractivity contribution in [3.8, 4) is 5.75 Å². The van der Waals surface area contributed by atoms with E-state index >= 15 is 0 Å². The molecule has 3 aromatic rings. The molecule has 1 amide bonds. The van der Waals surface area contributed by atoms with E-state index in [1.807, 2.05) is 47.4 Å². The van der Waals surface area contributed by atoms with E-state index in [1.54, 1.807) is 6.07 Å². The molecule has 156 valence electrons. The fourth-order valence-electron chi connectivity index (χ4n) is 3.64. The highest BCUT2D eigenvalue weighted by atomic mass is 19.1. The Bertz CT molecular complexity index is 956. The van der Waals surface area contributed by atoms with Gasteiger partial charge < -0.3 is 14.1 Å². The van der Waals surface area contributed by atoms with E-state index in [2.05, 4.69) is 4.90 Å². The first-order chi connectivity index (χ1) is 14.7. The maximum absolute atomic E-state index is 13.1. The van der Waals surface area contributed by atoms with Gasteiger partial charge in [-0.3, -0.25) is 9.69 Å². The molecule has 1 saturated heterocycles. The molecule has 0 spiro atoms. The molecule has 0 bridgehead atoms. The molecule has 0 unspecified atom stereocenters. The zero-order valence-corrected chi connectivity index (χ0v) is 16.8. The Morgan fingerprint density at radius 3 is 2.57 bits per heavy atom. The van der Waals surface area contributed by atoms with E-state index in [-0.39, 0.29) is 18.3 Å². The molecule has 0 radical (unpaired) electrons. The molecule has 1 aliphatic heterocycles. The standard InChI is InChI=1S/C24H25FN2O3/c25-21-9-7-19(8-10-21)17-26-12-4-13-27(15-14-26)24(28)23-20(11-16-29-23)18-30-22-5-2-1-3-6-22/h1-3,5-11,16H,4,12-15,17-18H2. The average Bonchev–Trinajstić information content (AvgIpc) is 3.12. The minimum Gasteiger partial charge on any atom is -0.489 e. The van der Waals surface area contributed by atoms with Crippen molar-refractivity contribution in [1.82, 2.24) is 9.80 Å². The van der Waals surface area contributed by atoms with E-state index in [0.29, 0.717) is 18.8 Å². The summed E-state index contributed by atoms with van der Waals surface area (Å²) in [4.78, 5) is 17.2. The quantitative estimate of drug-likeness (QED) is 0.609. The van der Waals surface area contributed by atoms with E-state index < -0.39 is 0 Å². The number of hydrogen-bond donors (Lipinski definition) is 0. The lowest BCUT2D eigenvalue weighted by atomic mass is 10.2. The summed E-state index contributed by atoms with van der Waals surface area (Å²) in [6.45, 7) is 3.99. The highest BCUT2D eigenvalue weighted by Crippen LogP contribution is 2.19. The van der Waals surface area contributed by atoms with Gasteiger partial charge in [0.05, 0.1) is 6.26 Å². The number of nitrogens with zero attached hydrogens (tertiary/aromatic N) is 2. The minimum absolute atomic E-state index is 0.102. The van der Waals surface area contributed by atoms with Crippen LogP contribution in [0.1, 0.15) is 28.1 Å². The van der Waals surface area contributed by atoms with Crippen molar-refractivity contribution in [2.75, 3.05) is 26.2 Å². The molecule has 0 atom stereocenters. The van der Waals surface area contributed by atoms with Crippen molar-refractivity contribution in [2.45, 2.75) is 19.6 Å². The second kappa shape index (κ2) is 9.59. The third kappa shape index (κ3) is 5.07. The molecule has 30 heavy (non-hydrogen) atoms. The molecule has 4 rings (SSSR count). The fraction of sp³-hybridized carbons (Fsp3) is 0.292. The van der Waals surface area contributed by atoms with Crippen LogP contribution in [0.2, 0.25) is 0 Å². The van der Waals surface area contributed by atoms with E-state index in [9.17, 15) is 9.18 Å². The number of carbonyl (C=O) groups excluding carboxylic acids is 1. The van der Waals surface area contributed by atoms with Crippen molar-refractivity contribution < 1.29 is 18.3 Å². The van der Waals surface area contributed by atoms with Crippen LogP contribution < -0.4 is 4.74 Å². The molecular weight excluding hydrogens is 383 g/mol. The lowest BCUT2D eigenvalue weighted by Gasteiger charge is -2.21. The highest BCUT2D eigenvalue weighted by Gasteiger charge is 2.25. The Balaban J connectivity index is 1.35. The molecule has 0 saturated carbocycles. The Kier molecular flexibility index (Phi) is 6.44. The smallest absolute Gasteiger partial charge is 0.290 e. The van der Waals surface area contributed by atoms with Gasteiger partial charge in [-0.25, -0.2) is 4.39 Å². The van der Waals surface area contributed by atoms with Crippen LogP contribution in [0.15, 0.2) is 71.3 Å². The number of rotatable bonds is 6. The van der Waals surface area contributed by atoms with Gasteiger partial charge in [-0.15, -0.1) is 0 Å². The second-order valence-corrected chi connectivity index (χ2v) is 7.43. The number of hydrogen-bond acceptors (Lipinski definition) is 4. The van der Waals surface area contributed by atoms with Gasteiger partial charge in [0, 0.05) is 38.3 Å². The van der Waals surface area contributed by atoms with Crippen LogP contribution in [-0.2, 0) is 13.2 Å². The normalized spacial score (nSPS) is 15.0. The van der Waals surface area contributed by atoms with Crippen molar-refractivity contribution in [1.29, 1.82) is 0 Å². The van der Waals surface area contributed by atoms with Gasteiger partial charge in [0.1, 0.15) is 18.2 Å². The van der Waals surface area contributed by atoms with E-state index in [1.165, 1.54) is 18.4 Å². The summed E-state index contributed by atoms with van der Waals surface area (Å²) in [7, 11) is 0. The van der Waals surface area contributed by atoms with Gasteiger partial charge >= 0.3 is 0 Å². The summed E-state index contributed by atoms with van der Waals surface area (Å²) in [6, 6.07) is 17.9. The molecule has 2 heterocycles. The zero-order chi connectivity index (χ0) is 20.8. The van der Waals surface area contributed by atoms with E-state index in [4.69, 9.17) is 9.15 Å². The Labute approximate surface area is 175 Å². The second-order valence-electron chi connectivity index (χ2n) is 7.43. The van der Waals surface area contributed by atoms with Crippen LogP contribution >= 0.6 is 0 Å². The Morgan fingerprint density at radius 2 is 1.77 bits per heavy atom. The monoisotopic (exact) mass is 408 g/mol. The Morgan fingerprint density at radius 1 is 0.967 bits per heavy atom. The summed E-state index contributed by atoms with van der Waals surface area (Å²) in [5.74, 6) is 0.772. The Hall–Kier alpha value is -3.12. The molecule has 0 aliphatic carbocycles. The minimum atomic E-state index is -0.225. The molecule has 6 heteroatoms. The maximum Gasteiger partial charge on any atom is 0.290 e. The fourth-order valence-corrected chi connectivity index (χ4v) is 3.64. The van der Waals surface area contributed by atoms with Crippen molar-refractivity contribution >= 4 is 5.91 Å². The molecule has 5 nitrogen and oxygen atoms in total. The largest absolute Gasteiger partial charge is 0.489 e. The van der Waals surface area contributed by atoms with Crippen LogP contribution in [-0.4, -0.2) is 41.9 Å². The lowest BCUT2D eigenvalue weighted by Crippen LogP contribution is -2.35. The molecule has 2 aromatic carbocycles. The number of para-hydroxylation sites is 1. The number of furan rings is 1. The first kappa shape index (κ1) is 20.2. The van der Waals surface area contributed by atoms with Crippen molar-refractivity contribution in [3.05, 3.63) is 89.6 Å². The maximum atomic E-state index is 13.1. The van der Waals surface area contributed by atoms with Gasteiger partial charge in [0.2, 0.25) is 0 Å².